The quantitative estimate of drug-likeness (QED) is 0.464. The highest BCUT2D eigenvalue weighted by molar-refractivity contribution is 5.89. The molecule has 0 saturated carbocycles. The number of nitrogens with one attached hydrogen (secondary N) is 1. The zero-order valence-corrected chi connectivity index (χ0v) is 8.32. The van der Waals surface area contributed by atoms with Crippen LogP contribution in [0.5, 0.6) is 5.75 Å². The van der Waals surface area contributed by atoms with Crippen LogP contribution in [0, 0.1) is 0 Å². The van der Waals surface area contributed by atoms with E-state index in [0.717, 1.165) is 6.08 Å². The van der Waals surface area contributed by atoms with Gasteiger partial charge in [0.15, 0.2) is 0 Å². The molecule has 0 bridgehead atoms. The van der Waals surface area contributed by atoms with Gasteiger partial charge in [0.1, 0.15) is 5.75 Å². The van der Waals surface area contributed by atoms with Gasteiger partial charge in [-0.3, -0.25) is 4.79 Å². The Morgan fingerprint density at radius 2 is 2.20 bits per heavy atom. The SMILES string of the molecule is C=CC(=O)Oc1cccc(NC(C)=O)c1. The molecule has 1 amide bonds. The third kappa shape index (κ3) is 3.64. The van der Waals surface area contributed by atoms with Gasteiger partial charge in [-0.05, 0) is 12.1 Å². The van der Waals surface area contributed by atoms with Crippen LogP contribution in [-0.2, 0) is 9.59 Å². The zero-order valence-electron chi connectivity index (χ0n) is 8.32. The molecule has 0 aliphatic rings. The van der Waals surface area contributed by atoms with E-state index < -0.39 is 5.97 Å². The van der Waals surface area contributed by atoms with Gasteiger partial charge in [0.25, 0.3) is 0 Å². The number of esters is 1. The third-order valence-electron chi connectivity index (χ3n) is 1.54. The first-order valence-electron chi connectivity index (χ1n) is 4.33. The van der Waals surface area contributed by atoms with E-state index in [-0.39, 0.29) is 5.91 Å². The molecule has 1 aromatic rings. The van der Waals surface area contributed by atoms with Crippen molar-refractivity contribution in [2.75, 3.05) is 5.32 Å². The van der Waals surface area contributed by atoms with Gasteiger partial charge in [-0.15, -0.1) is 0 Å². The highest BCUT2D eigenvalue weighted by Gasteiger charge is 2.01. The summed E-state index contributed by atoms with van der Waals surface area (Å²) in [6.45, 7) is 4.69. The van der Waals surface area contributed by atoms with Crippen molar-refractivity contribution in [3.63, 3.8) is 0 Å². The number of hydrogen-bond acceptors (Lipinski definition) is 3. The monoisotopic (exact) mass is 205 g/mol. The molecule has 0 atom stereocenters. The van der Waals surface area contributed by atoms with E-state index in [1.807, 2.05) is 0 Å². The van der Waals surface area contributed by atoms with Gasteiger partial charge in [0, 0.05) is 24.8 Å². The van der Waals surface area contributed by atoms with E-state index in [0.29, 0.717) is 11.4 Å². The maximum Gasteiger partial charge on any atom is 0.335 e. The van der Waals surface area contributed by atoms with Crippen LogP contribution in [0.4, 0.5) is 5.69 Å². The lowest BCUT2D eigenvalue weighted by Crippen LogP contribution is -2.07. The minimum atomic E-state index is -0.532. The third-order valence-corrected chi connectivity index (χ3v) is 1.54. The van der Waals surface area contributed by atoms with Crippen LogP contribution < -0.4 is 10.1 Å². The van der Waals surface area contributed by atoms with Gasteiger partial charge in [-0.1, -0.05) is 12.6 Å². The summed E-state index contributed by atoms with van der Waals surface area (Å²) in [6.07, 6.45) is 1.07. The second kappa shape index (κ2) is 4.95. The van der Waals surface area contributed by atoms with E-state index in [4.69, 9.17) is 4.74 Å². The fraction of sp³-hybridized carbons (Fsp3) is 0.0909. The number of carbonyl (C=O) groups excluding carboxylic acids is 2. The summed E-state index contributed by atoms with van der Waals surface area (Å²) in [5.41, 5.74) is 0.580. The summed E-state index contributed by atoms with van der Waals surface area (Å²) in [6, 6.07) is 6.55. The van der Waals surface area contributed by atoms with Crippen LogP contribution in [0.2, 0.25) is 0 Å². The topological polar surface area (TPSA) is 55.4 Å². The standard InChI is InChI=1S/C11H11NO3/c1-3-11(14)15-10-6-4-5-9(7-10)12-8(2)13/h3-7H,1H2,2H3,(H,12,13). The van der Waals surface area contributed by atoms with Gasteiger partial charge in [-0.25, -0.2) is 4.79 Å². The molecule has 15 heavy (non-hydrogen) atoms. The number of benzene rings is 1. The Morgan fingerprint density at radius 1 is 1.47 bits per heavy atom. The largest absolute Gasteiger partial charge is 0.423 e. The summed E-state index contributed by atoms with van der Waals surface area (Å²) in [7, 11) is 0. The van der Waals surface area contributed by atoms with Crippen molar-refractivity contribution >= 4 is 17.6 Å². The van der Waals surface area contributed by atoms with Crippen molar-refractivity contribution in [2.24, 2.45) is 0 Å². The van der Waals surface area contributed by atoms with Crippen LogP contribution in [0.15, 0.2) is 36.9 Å². The predicted octanol–water partition coefficient (Wildman–Crippen LogP) is 1.74. The van der Waals surface area contributed by atoms with Crippen LogP contribution in [-0.4, -0.2) is 11.9 Å². The van der Waals surface area contributed by atoms with Gasteiger partial charge in [0.05, 0.1) is 0 Å². The molecule has 4 heteroatoms. The van der Waals surface area contributed by atoms with Crippen molar-refractivity contribution in [3.05, 3.63) is 36.9 Å². The Hall–Kier alpha value is -2.10. The van der Waals surface area contributed by atoms with Gasteiger partial charge in [0.2, 0.25) is 5.91 Å². The number of hydrogen-bond donors (Lipinski definition) is 1. The highest BCUT2D eigenvalue weighted by Crippen LogP contribution is 2.17. The molecule has 1 aromatic carbocycles. The molecule has 78 valence electrons. The van der Waals surface area contributed by atoms with Crippen LogP contribution in [0.25, 0.3) is 0 Å². The maximum absolute atomic E-state index is 10.9. The first-order chi connectivity index (χ1) is 7.11. The molecule has 0 radical (unpaired) electrons. The molecule has 1 rings (SSSR count). The lowest BCUT2D eigenvalue weighted by atomic mass is 10.3. The van der Waals surface area contributed by atoms with Crippen molar-refractivity contribution < 1.29 is 14.3 Å². The molecule has 0 aliphatic carbocycles. The number of amides is 1. The molecule has 0 fully saturated rings. The summed E-state index contributed by atoms with van der Waals surface area (Å²) in [5, 5.41) is 2.58. The fourth-order valence-corrected chi connectivity index (χ4v) is 0.998. The van der Waals surface area contributed by atoms with Gasteiger partial charge >= 0.3 is 5.97 Å². The van der Waals surface area contributed by atoms with Crippen LogP contribution >= 0.6 is 0 Å². The second-order valence-electron chi connectivity index (χ2n) is 2.83. The summed E-state index contributed by atoms with van der Waals surface area (Å²) >= 11 is 0. The van der Waals surface area contributed by atoms with Gasteiger partial charge in [-0.2, -0.15) is 0 Å². The Bertz CT molecular complexity index is 399. The fourth-order valence-electron chi connectivity index (χ4n) is 0.998. The molecule has 1 N–H and O–H groups in total. The summed E-state index contributed by atoms with van der Waals surface area (Å²) in [4.78, 5) is 21.7. The first kappa shape index (κ1) is 11.0. The Balaban J connectivity index is 2.78. The molecule has 0 aliphatic heterocycles. The second-order valence-corrected chi connectivity index (χ2v) is 2.83. The predicted molar refractivity (Wildman–Crippen MR) is 56.6 cm³/mol. The maximum atomic E-state index is 10.9. The summed E-state index contributed by atoms with van der Waals surface area (Å²) < 4.78 is 4.88. The molecule has 0 heterocycles. The lowest BCUT2D eigenvalue weighted by molar-refractivity contribution is -0.128. The molecule has 0 aromatic heterocycles. The zero-order chi connectivity index (χ0) is 11.3. The number of rotatable bonds is 3. The van der Waals surface area contributed by atoms with Crippen molar-refractivity contribution in [2.45, 2.75) is 6.92 Å². The Morgan fingerprint density at radius 3 is 2.80 bits per heavy atom. The van der Waals surface area contributed by atoms with Gasteiger partial charge < -0.3 is 10.1 Å². The summed E-state index contributed by atoms with van der Waals surface area (Å²) in [5.74, 6) is -0.344. The lowest BCUT2D eigenvalue weighted by Gasteiger charge is -2.04. The number of ether oxygens (including phenoxy) is 1. The molecular formula is C11H11NO3. The molecule has 0 unspecified atom stereocenters. The first-order valence-corrected chi connectivity index (χ1v) is 4.33. The normalized spacial score (nSPS) is 9.13. The Kier molecular flexibility index (Phi) is 3.62. The van der Waals surface area contributed by atoms with Crippen LogP contribution in [0.1, 0.15) is 6.92 Å². The van der Waals surface area contributed by atoms with E-state index in [2.05, 4.69) is 11.9 Å². The average Bonchev–Trinajstić information content (AvgIpc) is 2.17. The van der Waals surface area contributed by atoms with E-state index in [1.165, 1.54) is 6.92 Å². The van der Waals surface area contributed by atoms with Crippen molar-refractivity contribution in [3.8, 4) is 5.75 Å². The van der Waals surface area contributed by atoms with Crippen molar-refractivity contribution in [1.82, 2.24) is 0 Å². The smallest absolute Gasteiger partial charge is 0.335 e. The molecule has 0 spiro atoms. The highest BCUT2D eigenvalue weighted by atomic mass is 16.5. The minimum absolute atomic E-state index is 0.179. The molecule has 0 saturated heterocycles. The van der Waals surface area contributed by atoms with Crippen molar-refractivity contribution in [1.29, 1.82) is 0 Å². The number of carbonyl (C=O) groups is 2. The van der Waals surface area contributed by atoms with E-state index in [1.54, 1.807) is 24.3 Å². The van der Waals surface area contributed by atoms with E-state index in [9.17, 15) is 9.59 Å². The van der Waals surface area contributed by atoms with E-state index >= 15 is 0 Å². The van der Waals surface area contributed by atoms with Crippen LogP contribution in [0.3, 0.4) is 0 Å². The molecule has 4 nitrogen and oxygen atoms in total. The average molecular weight is 205 g/mol. The number of anilines is 1. The Labute approximate surface area is 87.6 Å². The molecular weight excluding hydrogens is 194 g/mol. The minimum Gasteiger partial charge on any atom is -0.423 e.